The third-order valence-electron chi connectivity index (χ3n) is 2.13. The topological polar surface area (TPSA) is 73.3 Å². The number of hydrogen-bond acceptors (Lipinski definition) is 6. The lowest BCUT2D eigenvalue weighted by Gasteiger charge is -2.09. The normalized spacial score (nSPS) is 10.3. The molecular formula is C13H21N3O3. The summed E-state index contributed by atoms with van der Waals surface area (Å²) in [5.74, 6) is 0.863. The first-order valence-corrected chi connectivity index (χ1v) is 6.51. The number of rotatable bonds is 8. The minimum atomic E-state index is -0.179. The summed E-state index contributed by atoms with van der Waals surface area (Å²) >= 11 is 0. The zero-order valence-electron chi connectivity index (χ0n) is 11.7. The maximum atomic E-state index is 11.1. The number of esters is 1. The van der Waals surface area contributed by atoms with Crippen molar-refractivity contribution in [3.63, 3.8) is 0 Å². The van der Waals surface area contributed by atoms with E-state index in [1.165, 1.54) is 0 Å². The first-order chi connectivity index (χ1) is 9.11. The van der Waals surface area contributed by atoms with Crippen LogP contribution in [-0.4, -0.2) is 35.2 Å². The molecule has 19 heavy (non-hydrogen) atoms. The number of ether oxygens (including phenoxy) is 2. The molecule has 0 aliphatic rings. The number of nitrogens with one attached hydrogen (secondary N) is 1. The number of aromatic nitrogens is 2. The van der Waals surface area contributed by atoms with E-state index in [9.17, 15) is 4.79 Å². The van der Waals surface area contributed by atoms with Gasteiger partial charge < -0.3 is 14.8 Å². The molecule has 1 rings (SSSR count). The highest BCUT2D eigenvalue weighted by Crippen LogP contribution is 2.10. The second kappa shape index (κ2) is 8.29. The van der Waals surface area contributed by atoms with Gasteiger partial charge in [0.1, 0.15) is 0 Å². The van der Waals surface area contributed by atoms with Gasteiger partial charge in [0.2, 0.25) is 11.8 Å². The summed E-state index contributed by atoms with van der Waals surface area (Å²) in [6.45, 7) is 6.71. The van der Waals surface area contributed by atoms with Crippen LogP contribution in [0.5, 0.6) is 5.88 Å². The summed E-state index contributed by atoms with van der Waals surface area (Å²) in [5, 5.41) is 3.05. The Kier molecular flexibility index (Phi) is 6.63. The Morgan fingerprint density at radius 3 is 2.95 bits per heavy atom. The summed E-state index contributed by atoms with van der Waals surface area (Å²) in [7, 11) is 0. The van der Waals surface area contributed by atoms with Crippen molar-refractivity contribution < 1.29 is 14.3 Å². The number of carbonyl (C=O) groups excluding carboxylic acids is 1. The van der Waals surface area contributed by atoms with Gasteiger partial charge in [-0.25, -0.2) is 4.98 Å². The number of nitrogens with zero attached hydrogens (tertiary/aromatic N) is 2. The molecule has 1 heterocycles. The molecule has 0 aliphatic heterocycles. The fourth-order valence-electron chi connectivity index (χ4n) is 1.40. The lowest BCUT2D eigenvalue weighted by atomic mass is 10.3. The maximum Gasteiger partial charge on any atom is 0.305 e. The molecule has 1 N–H and O–H groups in total. The second-order valence-electron chi connectivity index (χ2n) is 4.22. The molecule has 0 atom stereocenters. The standard InChI is InChI=1S/C13H21N3O3/c1-4-18-12(17)6-5-8-14-13-15-9-7-11(16-13)19-10(2)3/h7,9-10H,4-6,8H2,1-3H3,(H,14,15,16). The minimum absolute atomic E-state index is 0.0755. The van der Waals surface area contributed by atoms with Crippen LogP contribution in [0.1, 0.15) is 33.6 Å². The van der Waals surface area contributed by atoms with Crippen LogP contribution in [-0.2, 0) is 9.53 Å². The molecule has 0 saturated heterocycles. The van der Waals surface area contributed by atoms with Gasteiger partial charge in [-0.3, -0.25) is 4.79 Å². The highest BCUT2D eigenvalue weighted by Gasteiger charge is 2.03. The first-order valence-electron chi connectivity index (χ1n) is 6.51. The number of carbonyl (C=O) groups is 1. The van der Waals surface area contributed by atoms with E-state index in [0.29, 0.717) is 37.8 Å². The molecule has 1 aromatic rings. The molecule has 6 nitrogen and oxygen atoms in total. The third kappa shape index (κ3) is 6.59. The predicted octanol–water partition coefficient (Wildman–Crippen LogP) is 2.02. The maximum absolute atomic E-state index is 11.1. The van der Waals surface area contributed by atoms with Crippen LogP contribution in [0.3, 0.4) is 0 Å². The molecule has 0 aromatic carbocycles. The van der Waals surface area contributed by atoms with Crippen LogP contribution in [0.2, 0.25) is 0 Å². The molecule has 0 amide bonds. The Balaban J connectivity index is 2.31. The Bertz CT molecular complexity index is 396. The monoisotopic (exact) mass is 267 g/mol. The largest absolute Gasteiger partial charge is 0.475 e. The molecule has 0 aliphatic carbocycles. The van der Waals surface area contributed by atoms with Crippen LogP contribution in [0.15, 0.2) is 12.3 Å². The zero-order chi connectivity index (χ0) is 14.1. The molecule has 0 spiro atoms. The van der Waals surface area contributed by atoms with Crippen molar-refractivity contribution in [1.29, 1.82) is 0 Å². The lowest BCUT2D eigenvalue weighted by molar-refractivity contribution is -0.143. The van der Waals surface area contributed by atoms with Crippen LogP contribution >= 0.6 is 0 Å². The van der Waals surface area contributed by atoms with Crippen molar-refractivity contribution >= 4 is 11.9 Å². The van der Waals surface area contributed by atoms with Gasteiger partial charge in [0.15, 0.2) is 0 Å². The van der Waals surface area contributed by atoms with Gasteiger partial charge in [-0.05, 0) is 27.2 Å². The molecule has 0 fully saturated rings. The Morgan fingerprint density at radius 2 is 2.26 bits per heavy atom. The quantitative estimate of drug-likeness (QED) is 0.574. The summed E-state index contributed by atoms with van der Waals surface area (Å²) in [6, 6.07) is 1.71. The summed E-state index contributed by atoms with van der Waals surface area (Å²) < 4.78 is 10.3. The fourth-order valence-corrected chi connectivity index (χ4v) is 1.40. The van der Waals surface area contributed by atoms with Crippen molar-refractivity contribution in [2.24, 2.45) is 0 Å². The van der Waals surface area contributed by atoms with E-state index in [0.717, 1.165) is 0 Å². The Morgan fingerprint density at radius 1 is 1.47 bits per heavy atom. The predicted molar refractivity (Wildman–Crippen MR) is 72.2 cm³/mol. The summed E-state index contributed by atoms with van der Waals surface area (Å²) in [5.41, 5.74) is 0. The molecule has 6 heteroatoms. The molecule has 0 unspecified atom stereocenters. The number of anilines is 1. The highest BCUT2D eigenvalue weighted by molar-refractivity contribution is 5.69. The SMILES string of the molecule is CCOC(=O)CCCNc1nccc(OC(C)C)n1. The first kappa shape index (κ1) is 15.2. The molecule has 0 radical (unpaired) electrons. The molecule has 0 bridgehead atoms. The molecule has 1 aromatic heterocycles. The Labute approximate surface area is 113 Å². The van der Waals surface area contributed by atoms with E-state index in [2.05, 4.69) is 15.3 Å². The molecule has 0 saturated carbocycles. The van der Waals surface area contributed by atoms with Crippen LogP contribution in [0.4, 0.5) is 5.95 Å². The third-order valence-corrected chi connectivity index (χ3v) is 2.13. The zero-order valence-corrected chi connectivity index (χ0v) is 11.7. The van der Waals surface area contributed by atoms with Crippen molar-refractivity contribution in [3.05, 3.63) is 12.3 Å². The van der Waals surface area contributed by atoms with Gasteiger partial charge in [0.25, 0.3) is 0 Å². The van der Waals surface area contributed by atoms with Crippen molar-refractivity contribution in [2.75, 3.05) is 18.5 Å². The van der Waals surface area contributed by atoms with E-state index in [1.54, 1.807) is 19.2 Å². The average Bonchev–Trinajstić information content (AvgIpc) is 2.35. The van der Waals surface area contributed by atoms with Gasteiger partial charge in [-0.2, -0.15) is 4.98 Å². The van der Waals surface area contributed by atoms with E-state index in [-0.39, 0.29) is 12.1 Å². The van der Waals surface area contributed by atoms with E-state index in [4.69, 9.17) is 9.47 Å². The average molecular weight is 267 g/mol. The van der Waals surface area contributed by atoms with E-state index >= 15 is 0 Å². The number of hydrogen-bond donors (Lipinski definition) is 1. The van der Waals surface area contributed by atoms with Gasteiger partial charge >= 0.3 is 5.97 Å². The smallest absolute Gasteiger partial charge is 0.305 e. The van der Waals surface area contributed by atoms with Crippen molar-refractivity contribution in [1.82, 2.24) is 9.97 Å². The summed E-state index contributed by atoms with van der Waals surface area (Å²) in [6.07, 6.45) is 2.78. The molecular weight excluding hydrogens is 246 g/mol. The minimum Gasteiger partial charge on any atom is -0.475 e. The van der Waals surface area contributed by atoms with Crippen LogP contribution in [0, 0.1) is 0 Å². The van der Waals surface area contributed by atoms with Crippen LogP contribution < -0.4 is 10.1 Å². The van der Waals surface area contributed by atoms with E-state index < -0.39 is 0 Å². The molecule has 106 valence electrons. The second-order valence-corrected chi connectivity index (χ2v) is 4.22. The van der Waals surface area contributed by atoms with Gasteiger partial charge in [0, 0.05) is 25.2 Å². The van der Waals surface area contributed by atoms with Gasteiger partial charge in [-0.1, -0.05) is 0 Å². The lowest BCUT2D eigenvalue weighted by Crippen LogP contribution is -2.11. The van der Waals surface area contributed by atoms with Crippen molar-refractivity contribution in [2.45, 2.75) is 39.7 Å². The Hall–Kier alpha value is -1.85. The van der Waals surface area contributed by atoms with Gasteiger partial charge in [0.05, 0.1) is 12.7 Å². The fraction of sp³-hybridized carbons (Fsp3) is 0.615. The van der Waals surface area contributed by atoms with Gasteiger partial charge in [-0.15, -0.1) is 0 Å². The van der Waals surface area contributed by atoms with Crippen molar-refractivity contribution in [3.8, 4) is 5.88 Å². The highest BCUT2D eigenvalue weighted by atomic mass is 16.5. The van der Waals surface area contributed by atoms with E-state index in [1.807, 2.05) is 13.8 Å². The summed E-state index contributed by atoms with van der Waals surface area (Å²) in [4.78, 5) is 19.4. The van der Waals surface area contributed by atoms with Crippen LogP contribution in [0.25, 0.3) is 0 Å².